The molecule has 8 heteroatoms. The third-order valence-electron chi connectivity index (χ3n) is 6.56. The fraction of sp³-hybridized carbons (Fsp3) is 0.625. The number of fused-ring (bicyclic) bond motifs is 1. The third kappa shape index (κ3) is 5.13. The number of ether oxygens (including phenoxy) is 1. The molecule has 2 amide bonds. The van der Waals surface area contributed by atoms with Crippen molar-refractivity contribution in [3.05, 3.63) is 35.3 Å². The predicted octanol–water partition coefficient (Wildman–Crippen LogP) is 2.24. The van der Waals surface area contributed by atoms with Crippen LogP contribution >= 0.6 is 0 Å². The Morgan fingerprint density at radius 3 is 2.78 bits per heavy atom. The van der Waals surface area contributed by atoms with E-state index < -0.39 is 0 Å². The number of carbonyl (C=O) groups excluding carboxylic acids is 2. The van der Waals surface area contributed by atoms with Crippen molar-refractivity contribution in [1.82, 2.24) is 24.5 Å². The van der Waals surface area contributed by atoms with Crippen molar-refractivity contribution >= 4 is 17.5 Å². The molecule has 2 fully saturated rings. The van der Waals surface area contributed by atoms with Crippen molar-refractivity contribution in [2.24, 2.45) is 5.92 Å². The van der Waals surface area contributed by atoms with E-state index in [0.29, 0.717) is 31.8 Å². The van der Waals surface area contributed by atoms with Gasteiger partial charge in [0.05, 0.1) is 12.3 Å². The second kappa shape index (κ2) is 10.4. The zero-order valence-corrected chi connectivity index (χ0v) is 19.3. The van der Waals surface area contributed by atoms with Crippen LogP contribution in [0.15, 0.2) is 18.3 Å². The molecule has 2 aromatic heterocycles. The second-order valence-electron chi connectivity index (χ2n) is 9.08. The molecule has 32 heavy (non-hydrogen) atoms. The minimum atomic E-state index is 0.0341. The molecule has 1 N–H and O–H groups in total. The lowest BCUT2D eigenvalue weighted by molar-refractivity contribution is -0.128. The highest BCUT2D eigenvalue weighted by molar-refractivity contribution is 5.94. The van der Waals surface area contributed by atoms with Gasteiger partial charge in [0.25, 0.3) is 5.91 Å². The molecule has 2 aliphatic rings. The van der Waals surface area contributed by atoms with Crippen LogP contribution in [0.3, 0.4) is 0 Å². The molecule has 0 bridgehead atoms. The Bertz CT molecular complexity index is 949. The van der Waals surface area contributed by atoms with E-state index in [-0.39, 0.29) is 17.7 Å². The number of pyridine rings is 1. The number of rotatable bonds is 8. The van der Waals surface area contributed by atoms with Gasteiger partial charge in [0.15, 0.2) is 5.69 Å². The van der Waals surface area contributed by atoms with Crippen molar-refractivity contribution in [2.75, 3.05) is 46.4 Å². The molecule has 2 saturated heterocycles. The van der Waals surface area contributed by atoms with Crippen molar-refractivity contribution in [2.45, 2.75) is 45.6 Å². The molecule has 0 aromatic carbocycles. The lowest BCUT2D eigenvalue weighted by atomic mass is 10.1. The van der Waals surface area contributed by atoms with Crippen LogP contribution in [0, 0.1) is 12.8 Å². The lowest BCUT2D eigenvalue weighted by Crippen LogP contribution is -2.33. The number of aryl methyl sites for hydroxylation is 1. The summed E-state index contributed by atoms with van der Waals surface area (Å²) in [6.45, 7) is 6.88. The van der Waals surface area contributed by atoms with Crippen LogP contribution in [0.5, 0.6) is 0 Å². The van der Waals surface area contributed by atoms with E-state index >= 15 is 0 Å². The number of hydrogen-bond acceptors (Lipinski definition) is 5. The first kappa shape index (κ1) is 22.7. The van der Waals surface area contributed by atoms with Gasteiger partial charge in [-0.3, -0.25) is 9.59 Å². The number of imidazole rings is 1. The van der Waals surface area contributed by atoms with Gasteiger partial charge in [0.2, 0.25) is 5.91 Å². The summed E-state index contributed by atoms with van der Waals surface area (Å²) >= 11 is 0. The summed E-state index contributed by atoms with van der Waals surface area (Å²) in [5.74, 6) is 0.494. The smallest absolute Gasteiger partial charge is 0.274 e. The van der Waals surface area contributed by atoms with E-state index in [9.17, 15) is 9.59 Å². The summed E-state index contributed by atoms with van der Waals surface area (Å²) < 4.78 is 7.13. The second-order valence-corrected chi connectivity index (χ2v) is 9.08. The maximum absolute atomic E-state index is 13.4. The molecule has 0 aliphatic carbocycles. The number of carbonyl (C=O) groups is 2. The summed E-state index contributed by atoms with van der Waals surface area (Å²) in [5, 5.41) is 3.50. The monoisotopic (exact) mass is 441 g/mol. The Morgan fingerprint density at radius 1 is 1.25 bits per heavy atom. The zero-order valence-electron chi connectivity index (χ0n) is 19.3. The molecule has 4 heterocycles. The zero-order chi connectivity index (χ0) is 22.5. The van der Waals surface area contributed by atoms with Gasteiger partial charge in [-0.2, -0.15) is 0 Å². The number of hydrogen-bond donors (Lipinski definition) is 1. The van der Waals surface area contributed by atoms with Crippen molar-refractivity contribution in [1.29, 1.82) is 0 Å². The molecule has 2 aromatic rings. The van der Waals surface area contributed by atoms with E-state index in [4.69, 9.17) is 9.72 Å². The van der Waals surface area contributed by atoms with Gasteiger partial charge in [-0.1, -0.05) is 12.8 Å². The van der Waals surface area contributed by atoms with Gasteiger partial charge in [-0.15, -0.1) is 0 Å². The molecule has 8 nitrogen and oxygen atoms in total. The van der Waals surface area contributed by atoms with Crippen molar-refractivity contribution in [3.8, 4) is 0 Å². The average molecular weight is 442 g/mol. The number of nitrogens with one attached hydrogen (secondary N) is 1. The topological polar surface area (TPSA) is 79.2 Å². The Hall–Kier alpha value is -2.45. The van der Waals surface area contributed by atoms with Gasteiger partial charge in [0.1, 0.15) is 5.65 Å². The van der Waals surface area contributed by atoms with Gasteiger partial charge in [-0.05, 0) is 43.4 Å². The molecule has 0 spiro atoms. The molecule has 4 rings (SSSR count). The highest BCUT2D eigenvalue weighted by atomic mass is 16.5. The highest BCUT2D eigenvalue weighted by Gasteiger charge is 2.29. The first-order chi connectivity index (χ1) is 15.6. The van der Waals surface area contributed by atoms with Crippen molar-refractivity contribution in [3.63, 3.8) is 0 Å². The Balaban J connectivity index is 1.47. The standard InChI is InChI=1S/C24H35N5O3/c1-18-7-10-29-20(16-25-15-19-14-22(30)28(17-19)11-12-32-2)23(26-21(29)13-18)24(31)27-8-5-3-4-6-9-27/h7,10,13,19,25H,3-6,8-9,11-12,14-17H2,1-2H3. The molecule has 174 valence electrons. The van der Waals surface area contributed by atoms with Gasteiger partial charge >= 0.3 is 0 Å². The Morgan fingerprint density at radius 2 is 2.03 bits per heavy atom. The predicted molar refractivity (Wildman–Crippen MR) is 123 cm³/mol. The summed E-state index contributed by atoms with van der Waals surface area (Å²) in [4.78, 5) is 34.2. The first-order valence-electron chi connectivity index (χ1n) is 11.8. The molecular weight excluding hydrogens is 406 g/mol. The van der Waals surface area contributed by atoms with Gasteiger partial charge < -0.3 is 24.3 Å². The number of methoxy groups -OCH3 is 1. The average Bonchev–Trinajstić information content (AvgIpc) is 3.17. The fourth-order valence-corrected chi connectivity index (χ4v) is 4.76. The number of nitrogens with zero attached hydrogens (tertiary/aromatic N) is 4. The van der Waals surface area contributed by atoms with Crippen LogP contribution in [-0.4, -0.2) is 77.4 Å². The maximum Gasteiger partial charge on any atom is 0.274 e. The van der Waals surface area contributed by atoms with Crippen LogP contribution in [0.1, 0.15) is 53.8 Å². The van der Waals surface area contributed by atoms with Crippen LogP contribution < -0.4 is 5.32 Å². The SMILES string of the molecule is COCCN1CC(CNCc2c(C(=O)N3CCCCCC3)nc3cc(C)ccn23)CC1=O. The lowest BCUT2D eigenvalue weighted by Gasteiger charge is -2.20. The summed E-state index contributed by atoms with van der Waals surface area (Å²) in [6, 6.07) is 4.06. The third-order valence-corrected chi connectivity index (χ3v) is 6.56. The number of likely N-dealkylation sites (tertiary alicyclic amines) is 2. The molecule has 1 unspecified atom stereocenters. The van der Waals surface area contributed by atoms with Crippen molar-refractivity contribution < 1.29 is 14.3 Å². The largest absolute Gasteiger partial charge is 0.383 e. The Labute approximate surface area is 189 Å². The van der Waals surface area contributed by atoms with E-state index in [1.54, 1.807) is 7.11 Å². The summed E-state index contributed by atoms with van der Waals surface area (Å²) in [6.07, 6.45) is 7.04. The minimum absolute atomic E-state index is 0.0341. The highest BCUT2D eigenvalue weighted by Crippen LogP contribution is 2.20. The van der Waals surface area contributed by atoms with Gasteiger partial charge in [0, 0.05) is 59.0 Å². The van der Waals surface area contributed by atoms with Crippen LogP contribution in [0.4, 0.5) is 0 Å². The van der Waals surface area contributed by atoms with Crippen LogP contribution in [0.25, 0.3) is 5.65 Å². The van der Waals surface area contributed by atoms with Gasteiger partial charge in [-0.25, -0.2) is 4.98 Å². The fourth-order valence-electron chi connectivity index (χ4n) is 4.76. The quantitative estimate of drug-likeness (QED) is 0.680. The summed E-state index contributed by atoms with van der Waals surface area (Å²) in [7, 11) is 1.65. The molecule has 2 aliphatic heterocycles. The van der Waals surface area contributed by atoms with E-state index in [0.717, 1.165) is 55.9 Å². The minimum Gasteiger partial charge on any atom is -0.383 e. The van der Waals surface area contributed by atoms with E-state index in [2.05, 4.69) is 5.32 Å². The number of amides is 2. The normalized spacial score (nSPS) is 19.7. The van der Waals surface area contributed by atoms with E-state index in [1.807, 2.05) is 39.5 Å². The molecule has 0 radical (unpaired) electrons. The number of aromatic nitrogens is 2. The molecule has 0 saturated carbocycles. The Kier molecular flexibility index (Phi) is 7.42. The summed E-state index contributed by atoms with van der Waals surface area (Å²) in [5.41, 5.74) is 3.38. The van der Waals surface area contributed by atoms with E-state index in [1.165, 1.54) is 12.8 Å². The van der Waals surface area contributed by atoms with Crippen LogP contribution in [-0.2, 0) is 16.1 Å². The maximum atomic E-state index is 13.4. The first-order valence-corrected chi connectivity index (χ1v) is 11.8. The molecular formula is C24H35N5O3. The van der Waals surface area contributed by atoms with Crippen LogP contribution in [0.2, 0.25) is 0 Å². The molecule has 1 atom stereocenters.